The van der Waals surface area contributed by atoms with E-state index in [4.69, 9.17) is 0 Å². The van der Waals surface area contributed by atoms with E-state index in [1.54, 1.807) is 0 Å². The van der Waals surface area contributed by atoms with Gasteiger partial charge < -0.3 is 10.2 Å². The Bertz CT molecular complexity index is 733. The van der Waals surface area contributed by atoms with E-state index in [2.05, 4.69) is 45.5 Å². The summed E-state index contributed by atoms with van der Waals surface area (Å²) in [6.45, 7) is 2.67. The summed E-state index contributed by atoms with van der Waals surface area (Å²) in [6.07, 6.45) is 1.14. The normalized spacial score (nSPS) is 18.7. The molecule has 0 aromatic heterocycles. The molecule has 1 N–H and O–H groups in total. The smallest absolute Gasteiger partial charge is 0.193 e. The molecule has 1 aliphatic rings. The molecular weight excluding hydrogens is 342 g/mol. The van der Waals surface area contributed by atoms with Gasteiger partial charge in [-0.25, -0.2) is 0 Å². The van der Waals surface area contributed by atoms with Gasteiger partial charge in [-0.15, -0.1) is 0 Å². The Hall–Kier alpha value is -2.14. The predicted molar refractivity (Wildman–Crippen MR) is 110 cm³/mol. The third-order valence-corrected chi connectivity index (χ3v) is 6.07. The first-order valence-electron chi connectivity index (χ1n) is 9.15. The van der Waals surface area contributed by atoms with Crippen molar-refractivity contribution in [2.45, 2.75) is 18.1 Å². The lowest BCUT2D eigenvalue weighted by atomic mass is 9.99. The van der Waals surface area contributed by atoms with Crippen LogP contribution in [-0.4, -0.2) is 47.5 Å². The summed E-state index contributed by atoms with van der Waals surface area (Å²) < 4.78 is 12.3. The van der Waals surface area contributed by atoms with Crippen LogP contribution in [0.25, 0.3) is 0 Å². The van der Waals surface area contributed by atoms with E-state index in [0.29, 0.717) is 24.0 Å². The van der Waals surface area contributed by atoms with Crippen molar-refractivity contribution in [1.29, 1.82) is 0 Å². The highest BCUT2D eigenvalue weighted by molar-refractivity contribution is 7.84. The monoisotopic (exact) mass is 369 g/mol. The fourth-order valence-electron chi connectivity index (χ4n) is 3.39. The van der Waals surface area contributed by atoms with Crippen LogP contribution in [0.15, 0.2) is 65.7 Å². The molecule has 1 saturated heterocycles. The third-order valence-electron chi connectivity index (χ3n) is 4.75. The zero-order valence-corrected chi connectivity index (χ0v) is 16.1. The molecule has 1 fully saturated rings. The maximum atomic E-state index is 12.3. The number of benzene rings is 2. The molecule has 0 spiro atoms. The number of hydrogen-bond donors (Lipinski definition) is 1. The second kappa shape index (κ2) is 9.53. The van der Waals surface area contributed by atoms with Crippen LogP contribution in [-0.2, 0) is 16.6 Å². The van der Waals surface area contributed by atoms with E-state index >= 15 is 0 Å². The van der Waals surface area contributed by atoms with Crippen LogP contribution in [0.4, 0.5) is 0 Å². The van der Waals surface area contributed by atoms with Crippen molar-refractivity contribution < 1.29 is 4.21 Å². The van der Waals surface area contributed by atoms with Gasteiger partial charge in [0.05, 0.1) is 0 Å². The molecule has 2 atom stereocenters. The number of likely N-dealkylation sites (tertiary alicyclic amines) is 1. The lowest BCUT2D eigenvalue weighted by Crippen LogP contribution is -2.41. The Morgan fingerprint density at radius 1 is 1.15 bits per heavy atom. The van der Waals surface area contributed by atoms with E-state index in [-0.39, 0.29) is 0 Å². The summed E-state index contributed by atoms with van der Waals surface area (Å²) >= 11 is 0. The molecule has 0 amide bonds. The van der Waals surface area contributed by atoms with Gasteiger partial charge in [0.15, 0.2) is 5.96 Å². The molecule has 5 heteroatoms. The summed E-state index contributed by atoms with van der Waals surface area (Å²) in [6, 6.07) is 20.7. The van der Waals surface area contributed by atoms with Gasteiger partial charge in [0.1, 0.15) is 0 Å². The van der Waals surface area contributed by atoms with Crippen molar-refractivity contribution in [2.24, 2.45) is 4.99 Å². The highest BCUT2D eigenvalue weighted by Gasteiger charge is 2.25. The Balaban J connectivity index is 1.44. The zero-order valence-electron chi connectivity index (χ0n) is 15.3. The molecule has 0 radical (unpaired) electrons. The summed E-state index contributed by atoms with van der Waals surface area (Å²) in [5.41, 5.74) is 2.52. The molecule has 2 aromatic carbocycles. The van der Waals surface area contributed by atoms with Crippen LogP contribution in [0.2, 0.25) is 0 Å². The van der Waals surface area contributed by atoms with Gasteiger partial charge in [0, 0.05) is 54.9 Å². The van der Waals surface area contributed by atoms with Gasteiger partial charge in [-0.3, -0.25) is 9.20 Å². The molecule has 2 aromatic rings. The maximum Gasteiger partial charge on any atom is 0.193 e. The second-order valence-corrected chi connectivity index (χ2v) is 8.17. The number of aliphatic imine (C=N–C) groups is 1. The quantitative estimate of drug-likeness (QED) is 0.629. The number of rotatable bonds is 6. The minimum Gasteiger partial charge on any atom is -0.355 e. The van der Waals surface area contributed by atoms with Crippen molar-refractivity contribution >= 4 is 16.8 Å². The van der Waals surface area contributed by atoms with E-state index in [1.807, 2.05) is 37.4 Å². The first kappa shape index (κ1) is 18.6. The fourth-order valence-corrected chi connectivity index (χ4v) is 4.43. The Morgan fingerprint density at radius 3 is 2.54 bits per heavy atom. The minimum absolute atomic E-state index is 0.557. The van der Waals surface area contributed by atoms with Crippen molar-refractivity contribution in [2.75, 3.05) is 32.4 Å². The maximum absolute atomic E-state index is 12.3. The van der Waals surface area contributed by atoms with Crippen LogP contribution >= 0.6 is 0 Å². The topological polar surface area (TPSA) is 44.7 Å². The predicted octanol–water partition coefficient (Wildman–Crippen LogP) is 3.00. The van der Waals surface area contributed by atoms with Gasteiger partial charge in [0.25, 0.3) is 0 Å². The van der Waals surface area contributed by atoms with E-state index in [0.717, 1.165) is 31.0 Å². The molecule has 26 heavy (non-hydrogen) atoms. The number of hydrogen-bond acceptors (Lipinski definition) is 2. The second-order valence-electron chi connectivity index (χ2n) is 6.59. The Kier molecular flexibility index (Phi) is 6.83. The van der Waals surface area contributed by atoms with Crippen molar-refractivity contribution in [3.8, 4) is 0 Å². The minimum atomic E-state index is -0.864. The van der Waals surface area contributed by atoms with Gasteiger partial charge in [-0.2, -0.15) is 0 Å². The SMILES string of the molecule is CN=C(NCCS(=O)Cc1ccccc1)N1CCC(c2ccccc2)C1. The molecular formula is C21H27N3OS. The molecule has 2 unspecified atom stereocenters. The average Bonchev–Trinajstić information content (AvgIpc) is 3.17. The molecule has 1 heterocycles. The molecule has 0 bridgehead atoms. The molecule has 1 aliphatic heterocycles. The molecule has 0 saturated carbocycles. The first-order valence-corrected chi connectivity index (χ1v) is 10.6. The van der Waals surface area contributed by atoms with Crippen molar-refractivity contribution in [3.63, 3.8) is 0 Å². The largest absolute Gasteiger partial charge is 0.355 e. The van der Waals surface area contributed by atoms with Crippen LogP contribution < -0.4 is 5.32 Å². The van der Waals surface area contributed by atoms with Gasteiger partial charge in [-0.05, 0) is 17.5 Å². The van der Waals surface area contributed by atoms with Crippen LogP contribution in [0.1, 0.15) is 23.5 Å². The Morgan fingerprint density at radius 2 is 1.85 bits per heavy atom. The third kappa shape index (κ3) is 5.18. The molecule has 0 aliphatic carbocycles. The standard InChI is InChI=1S/C21H27N3OS/c1-22-21(23-13-15-26(25)17-18-8-4-2-5-9-18)24-14-12-20(16-24)19-10-6-3-7-11-19/h2-11,20H,12-17H2,1H3,(H,22,23). The highest BCUT2D eigenvalue weighted by atomic mass is 32.2. The van der Waals surface area contributed by atoms with Gasteiger partial charge in [0.2, 0.25) is 0 Å². The van der Waals surface area contributed by atoms with Gasteiger partial charge >= 0.3 is 0 Å². The lowest BCUT2D eigenvalue weighted by Gasteiger charge is -2.21. The van der Waals surface area contributed by atoms with Crippen molar-refractivity contribution in [3.05, 3.63) is 71.8 Å². The molecule has 138 valence electrons. The summed E-state index contributed by atoms with van der Waals surface area (Å²) in [5.74, 6) is 2.72. The summed E-state index contributed by atoms with van der Waals surface area (Å²) in [5, 5.41) is 3.38. The van der Waals surface area contributed by atoms with E-state index < -0.39 is 10.8 Å². The molecule has 4 nitrogen and oxygen atoms in total. The summed E-state index contributed by atoms with van der Waals surface area (Å²) in [7, 11) is 0.955. The average molecular weight is 370 g/mol. The van der Waals surface area contributed by atoms with Crippen LogP contribution in [0.5, 0.6) is 0 Å². The number of nitrogens with one attached hydrogen (secondary N) is 1. The van der Waals surface area contributed by atoms with Crippen molar-refractivity contribution in [1.82, 2.24) is 10.2 Å². The van der Waals surface area contributed by atoms with E-state index in [1.165, 1.54) is 5.56 Å². The van der Waals surface area contributed by atoms with E-state index in [9.17, 15) is 4.21 Å². The Labute approximate surface area is 158 Å². The number of guanidine groups is 1. The lowest BCUT2D eigenvalue weighted by molar-refractivity contribution is 0.488. The first-order chi connectivity index (χ1) is 12.8. The summed E-state index contributed by atoms with van der Waals surface area (Å²) in [4.78, 5) is 6.71. The molecule has 3 rings (SSSR count). The van der Waals surface area contributed by atoms with Crippen LogP contribution in [0, 0.1) is 0 Å². The fraction of sp³-hybridized carbons (Fsp3) is 0.381. The van der Waals surface area contributed by atoms with Gasteiger partial charge in [-0.1, -0.05) is 60.7 Å². The van der Waals surface area contributed by atoms with Crippen LogP contribution in [0.3, 0.4) is 0 Å². The highest BCUT2D eigenvalue weighted by Crippen LogP contribution is 2.26. The number of nitrogens with zero attached hydrogens (tertiary/aromatic N) is 2. The zero-order chi connectivity index (χ0) is 18.2.